The first-order chi connectivity index (χ1) is 12.8. The fraction of sp³-hybridized carbons (Fsp3) is 0.526. The molecule has 1 aromatic carbocycles. The molecule has 8 heteroatoms. The van der Waals surface area contributed by atoms with Crippen molar-refractivity contribution in [1.82, 2.24) is 15.1 Å². The van der Waals surface area contributed by atoms with Gasteiger partial charge >= 0.3 is 0 Å². The molecular weight excluding hydrogens is 356 g/mol. The number of benzene rings is 1. The summed E-state index contributed by atoms with van der Waals surface area (Å²) >= 11 is 0. The highest BCUT2D eigenvalue weighted by Crippen LogP contribution is 2.19. The molecule has 1 heterocycles. The summed E-state index contributed by atoms with van der Waals surface area (Å²) in [5.41, 5.74) is -0.177. The quantitative estimate of drug-likeness (QED) is 0.817. The topological polar surface area (TPSA) is 69.7 Å². The van der Waals surface area contributed by atoms with Crippen LogP contribution < -0.4 is 5.32 Å². The van der Waals surface area contributed by atoms with E-state index in [4.69, 9.17) is 0 Å². The largest absolute Gasteiger partial charge is 0.343 e. The van der Waals surface area contributed by atoms with Gasteiger partial charge < -0.3 is 15.1 Å². The Balaban J connectivity index is 1.82. The van der Waals surface area contributed by atoms with Gasteiger partial charge in [0.15, 0.2) is 0 Å². The number of carbonyl (C=O) groups excluding carboxylic acids is 3. The maximum Gasteiger partial charge on any atom is 0.251 e. The Morgan fingerprint density at radius 1 is 1.07 bits per heavy atom. The number of carbonyl (C=O) groups is 3. The highest BCUT2D eigenvalue weighted by Gasteiger charge is 2.29. The number of halogens is 2. The van der Waals surface area contributed by atoms with Crippen molar-refractivity contribution in [2.45, 2.75) is 26.7 Å². The SMILES string of the molecule is CCN(CC)C(=O)C1CCN(C(=O)CNC(=O)c2cc(F)cc(F)c2)CC1. The van der Waals surface area contributed by atoms with Crippen molar-refractivity contribution in [3.05, 3.63) is 35.4 Å². The van der Waals surface area contributed by atoms with Gasteiger partial charge in [0, 0.05) is 43.7 Å². The zero-order valence-electron chi connectivity index (χ0n) is 15.6. The van der Waals surface area contributed by atoms with E-state index >= 15 is 0 Å². The Hall–Kier alpha value is -2.51. The lowest BCUT2D eigenvalue weighted by Crippen LogP contribution is -2.47. The van der Waals surface area contributed by atoms with Gasteiger partial charge in [-0.3, -0.25) is 14.4 Å². The molecule has 0 radical (unpaired) electrons. The van der Waals surface area contributed by atoms with Crippen LogP contribution in [0.5, 0.6) is 0 Å². The highest BCUT2D eigenvalue weighted by atomic mass is 19.1. The zero-order chi connectivity index (χ0) is 20.0. The predicted molar refractivity (Wildman–Crippen MR) is 95.9 cm³/mol. The fourth-order valence-electron chi connectivity index (χ4n) is 3.22. The molecule has 1 N–H and O–H groups in total. The molecule has 1 aliphatic heterocycles. The number of piperidine rings is 1. The number of amides is 3. The second-order valence-electron chi connectivity index (χ2n) is 6.51. The maximum atomic E-state index is 13.2. The first-order valence-electron chi connectivity index (χ1n) is 9.16. The van der Waals surface area contributed by atoms with E-state index in [1.54, 1.807) is 9.80 Å². The van der Waals surface area contributed by atoms with Crippen LogP contribution in [0, 0.1) is 17.6 Å². The summed E-state index contributed by atoms with van der Waals surface area (Å²) in [5.74, 6) is -2.67. The Bertz CT molecular complexity index is 679. The van der Waals surface area contributed by atoms with Crippen molar-refractivity contribution >= 4 is 17.7 Å². The number of hydrogen-bond acceptors (Lipinski definition) is 3. The fourth-order valence-corrected chi connectivity index (χ4v) is 3.22. The van der Waals surface area contributed by atoms with Gasteiger partial charge in [-0.15, -0.1) is 0 Å². The summed E-state index contributed by atoms with van der Waals surface area (Å²) in [7, 11) is 0. The summed E-state index contributed by atoms with van der Waals surface area (Å²) in [6.45, 7) is 5.84. The molecule has 1 aromatic rings. The first kappa shape index (κ1) is 20.8. The van der Waals surface area contributed by atoms with E-state index in [9.17, 15) is 23.2 Å². The summed E-state index contributed by atoms with van der Waals surface area (Å²) in [6.07, 6.45) is 1.17. The Morgan fingerprint density at radius 2 is 1.63 bits per heavy atom. The van der Waals surface area contributed by atoms with Crippen LogP contribution in [0.2, 0.25) is 0 Å². The Kier molecular flexibility index (Phi) is 7.27. The van der Waals surface area contributed by atoms with Crippen LogP contribution in [0.25, 0.3) is 0 Å². The van der Waals surface area contributed by atoms with E-state index in [2.05, 4.69) is 5.32 Å². The number of hydrogen-bond donors (Lipinski definition) is 1. The molecule has 1 fully saturated rings. The molecule has 2 rings (SSSR count). The van der Waals surface area contributed by atoms with Crippen LogP contribution in [-0.4, -0.2) is 60.2 Å². The van der Waals surface area contributed by atoms with Gasteiger partial charge in [-0.05, 0) is 38.8 Å². The lowest BCUT2D eigenvalue weighted by atomic mass is 9.95. The lowest BCUT2D eigenvalue weighted by molar-refractivity contribution is -0.140. The molecule has 6 nitrogen and oxygen atoms in total. The van der Waals surface area contributed by atoms with Crippen molar-refractivity contribution in [2.24, 2.45) is 5.92 Å². The second-order valence-corrected chi connectivity index (χ2v) is 6.51. The second kappa shape index (κ2) is 9.43. The van der Waals surface area contributed by atoms with Crippen LogP contribution in [0.1, 0.15) is 37.0 Å². The normalized spacial score (nSPS) is 14.7. The van der Waals surface area contributed by atoms with E-state index in [-0.39, 0.29) is 29.8 Å². The van der Waals surface area contributed by atoms with Gasteiger partial charge in [-0.25, -0.2) is 8.78 Å². The average molecular weight is 381 g/mol. The number of nitrogens with zero attached hydrogens (tertiary/aromatic N) is 2. The van der Waals surface area contributed by atoms with E-state index in [1.165, 1.54) is 0 Å². The van der Waals surface area contributed by atoms with Crippen molar-refractivity contribution in [3.63, 3.8) is 0 Å². The molecule has 0 aromatic heterocycles. The highest BCUT2D eigenvalue weighted by molar-refractivity contribution is 5.96. The summed E-state index contributed by atoms with van der Waals surface area (Å²) < 4.78 is 26.3. The van der Waals surface area contributed by atoms with Crippen LogP contribution in [-0.2, 0) is 9.59 Å². The molecular formula is C19H25F2N3O3. The van der Waals surface area contributed by atoms with E-state index in [0.29, 0.717) is 45.1 Å². The molecule has 0 unspecified atom stereocenters. The third-order valence-corrected chi connectivity index (χ3v) is 4.80. The third-order valence-electron chi connectivity index (χ3n) is 4.80. The van der Waals surface area contributed by atoms with Gasteiger partial charge in [0.05, 0.1) is 6.54 Å². The molecule has 0 saturated carbocycles. The number of rotatable bonds is 6. The predicted octanol–water partition coefficient (Wildman–Crippen LogP) is 1.80. The molecule has 1 saturated heterocycles. The Labute approximate surface area is 157 Å². The summed E-state index contributed by atoms with van der Waals surface area (Å²) in [6, 6.07) is 2.49. The minimum atomic E-state index is -0.855. The van der Waals surface area contributed by atoms with Crippen LogP contribution >= 0.6 is 0 Å². The minimum Gasteiger partial charge on any atom is -0.343 e. The maximum absolute atomic E-state index is 13.2. The molecule has 0 spiro atoms. The van der Waals surface area contributed by atoms with Crippen molar-refractivity contribution in [2.75, 3.05) is 32.7 Å². The monoisotopic (exact) mass is 381 g/mol. The van der Waals surface area contributed by atoms with Crippen molar-refractivity contribution in [1.29, 1.82) is 0 Å². The van der Waals surface area contributed by atoms with E-state index in [1.807, 2.05) is 13.8 Å². The standard InChI is InChI=1S/C19H25F2N3O3/c1-3-23(4-2)19(27)13-5-7-24(8-6-13)17(25)12-22-18(26)14-9-15(20)11-16(21)10-14/h9-11,13H,3-8,12H2,1-2H3,(H,22,26). The Morgan fingerprint density at radius 3 is 2.15 bits per heavy atom. The zero-order valence-corrected chi connectivity index (χ0v) is 15.6. The minimum absolute atomic E-state index is 0.0844. The molecule has 0 aliphatic carbocycles. The number of likely N-dealkylation sites (tertiary alicyclic amines) is 1. The van der Waals surface area contributed by atoms with Crippen LogP contribution in [0.15, 0.2) is 18.2 Å². The smallest absolute Gasteiger partial charge is 0.251 e. The molecule has 3 amide bonds. The van der Waals surface area contributed by atoms with E-state index in [0.717, 1.165) is 12.1 Å². The molecule has 148 valence electrons. The van der Waals surface area contributed by atoms with Gasteiger partial charge in [-0.1, -0.05) is 0 Å². The van der Waals surface area contributed by atoms with E-state index < -0.39 is 17.5 Å². The molecule has 0 bridgehead atoms. The molecule has 27 heavy (non-hydrogen) atoms. The van der Waals surface area contributed by atoms with Gasteiger partial charge in [0.1, 0.15) is 11.6 Å². The summed E-state index contributed by atoms with van der Waals surface area (Å²) in [5, 5.41) is 2.38. The van der Waals surface area contributed by atoms with Gasteiger partial charge in [0.25, 0.3) is 5.91 Å². The summed E-state index contributed by atoms with van der Waals surface area (Å²) in [4.78, 5) is 40.0. The van der Waals surface area contributed by atoms with Crippen molar-refractivity contribution < 1.29 is 23.2 Å². The van der Waals surface area contributed by atoms with Crippen molar-refractivity contribution in [3.8, 4) is 0 Å². The average Bonchev–Trinajstić information content (AvgIpc) is 2.66. The lowest BCUT2D eigenvalue weighted by Gasteiger charge is -2.33. The number of nitrogens with one attached hydrogen (secondary N) is 1. The van der Waals surface area contributed by atoms with Gasteiger partial charge in [0.2, 0.25) is 11.8 Å². The molecule has 0 atom stereocenters. The first-order valence-corrected chi connectivity index (χ1v) is 9.16. The molecule has 1 aliphatic rings. The van der Waals surface area contributed by atoms with Gasteiger partial charge in [-0.2, -0.15) is 0 Å². The van der Waals surface area contributed by atoms with Crippen LogP contribution in [0.3, 0.4) is 0 Å². The third kappa shape index (κ3) is 5.48. The van der Waals surface area contributed by atoms with Crippen LogP contribution in [0.4, 0.5) is 8.78 Å².